The summed E-state index contributed by atoms with van der Waals surface area (Å²) < 4.78 is 38.3. The van der Waals surface area contributed by atoms with Crippen LogP contribution in [0.1, 0.15) is 31.4 Å². The maximum atomic E-state index is 13.8. The van der Waals surface area contributed by atoms with Crippen LogP contribution in [0, 0.1) is 11.7 Å². The zero-order valence-electron chi connectivity index (χ0n) is 12.5. The van der Waals surface area contributed by atoms with Gasteiger partial charge in [-0.05, 0) is 31.4 Å². The number of nitrogens with zero attached hydrogens (tertiary/aromatic N) is 1. The predicted molar refractivity (Wildman–Crippen MR) is 82.0 cm³/mol. The lowest BCUT2D eigenvalue weighted by molar-refractivity contribution is 0.413. The molecule has 4 nitrogen and oxygen atoms in total. The maximum Gasteiger partial charge on any atom is 0.211 e. The van der Waals surface area contributed by atoms with Crippen LogP contribution < -0.4 is 5.32 Å². The molecular weight excluding hydrogens is 291 g/mol. The third kappa shape index (κ3) is 4.25. The minimum absolute atomic E-state index is 0.0292. The van der Waals surface area contributed by atoms with Crippen molar-refractivity contribution < 1.29 is 12.8 Å². The average molecular weight is 314 g/mol. The highest BCUT2D eigenvalue weighted by atomic mass is 32.2. The molecule has 2 rings (SSSR count). The van der Waals surface area contributed by atoms with E-state index >= 15 is 0 Å². The molecule has 0 bridgehead atoms. The van der Waals surface area contributed by atoms with Crippen molar-refractivity contribution in [1.29, 1.82) is 0 Å². The molecule has 1 fully saturated rings. The highest BCUT2D eigenvalue weighted by Gasteiger charge is 2.28. The van der Waals surface area contributed by atoms with Crippen LogP contribution in [0.25, 0.3) is 0 Å². The Balaban J connectivity index is 1.92. The summed E-state index contributed by atoms with van der Waals surface area (Å²) in [5.74, 6) is 0.0987. The second-order valence-electron chi connectivity index (χ2n) is 5.67. The number of hydrogen-bond acceptors (Lipinski definition) is 3. The fourth-order valence-electron chi connectivity index (χ4n) is 2.81. The molecule has 1 aliphatic rings. The number of rotatable bonds is 6. The summed E-state index contributed by atoms with van der Waals surface area (Å²) in [5, 5.41) is 3.38. The molecule has 0 aliphatic carbocycles. The molecule has 1 N–H and O–H groups in total. The van der Waals surface area contributed by atoms with Crippen molar-refractivity contribution in [2.24, 2.45) is 5.92 Å². The first kappa shape index (κ1) is 16.4. The van der Waals surface area contributed by atoms with Gasteiger partial charge >= 0.3 is 0 Å². The molecule has 0 radical (unpaired) electrons. The molecule has 0 amide bonds. The monoisotopic (exact) mass is 314 g/mol. The van der Waals surface area contributed by atoms with Crippen LogP contribution >= 0.6 is 0 Å². The van der Waals surface area contributed by atoms with Crippen molar-refractivity contribution in [3.8, 4) is 0 Å². The van der Waals surface area contributed by atoms with Gasteiger partial charge in [-0.15, -0.1) is 0 Å². The fourth-order valence-corrected chi connectivity index (χ4v) is 3.72. The molecule has 0 spiro atoms. The maximum absolute atomic E-state index is 13.8. The second kappa shape index (κ2) is 6.85. The zero-order valence-corrected chi connectivity index (χ0v) is 13.4. The molecule has 118 valence electrons. The minimum atomic E-state index is -3.09. The molecule has 1 aromatic carbocycles. The van der Waals surface area contributed by atoms with Crippen LogP contribution in [-0.2, 0) is 10.0 Å². The standard InChI is InChI=1S/C15H23FN2O2S/c1-3-15(13-6-4-5-7-14(13)16)17-10-12-8-9-18(11-12)21(2,19)20/h4-7,12,15,17H,3,8-11H2,1-2H3/t12-,15+/m0/s1. The van der Waals surface area contributed by atoms with Crippen molar-refractivity contribution >= 4 is 10.0 Å². The molecule has 6 heteroatoms. The SMILES string of the molecule is CC[C@@H](NC[C@@H]1CCN(S(C)(=O)=O)C1)c1ccccc1F. The first-order valence-corrected chi connectivity index (χ1v) is 9.19. The minimum Gasteiger partial charge on any atom is -0.310 e. The highest BCUT2D eigenvalue weighted by molar-refractivity contribution is 7.88. The number of nitrogens with one attached hydrogen (secondary N) is 1. The van der Waals surface area contributed by atoms with E-state index in [1.165, 1.54) is 16.6 Å². The lowest BCUT2D eigenvalue weighted by atomic mass is 10.0. The number of hydrogen-bond donors (Lipinski definition) is 1. The van der Waals surface area contributed by atoms with Gasteiger partial charge in [-0.2, -0.15) is 0 Å². The summed E-state index contributed by atoms with van der Waals surface area (Å²) in [6, 6.07) is 6.77. The lowest BCUT2D eigenvalue weighted by Gasteiger charge is -2.20. The fraction of sp³-hybridized carbons (Fsp3) is 0.600. The van der Waals surface area contributed by atoms with Crippen molar-refractivity contribution in [3.63, 3.8) is 0 Å². The van der Waals surface area contributed by atoms with Gasteiger partial charge in [-0.3, -0.25) is 0 Å². The molecular formula is C15H23FN2O2S. The topological polar surface area (TPSA) is 49.4 Å². The van der Waals surface area contributed by atoms with E-state index in [2.05, 4.69) is 5.32 Å². The van der Waals surface area contributed by atoms with E-state index < -0.39 is 10.0 Å². The summed E-state index contributed by atoms with van der Waals surface area (Å²) in [7, 11) is -3.09. The quantitative estimate of drug-likeness (QED) is 0.875. The Morgan fingerprint density at radius 3 is 2.71 bits per heavy atom. The Morgan fingerprint density at radius 2 is 2.14 bits per heavy atom. The van der Waals surface area contributed by atoms with E-state index in [1.54, 1.807) is 12.1 Å². The first-order chi connectivity index (χ1) is 9.91. The Labute approximate surface area is 126 Å². The van der Waals surface area contributed by atoms with E-state index in [9.17, 15) is 12.8 Å². The number of halogens is 1. The van der Waals surface area contributed by atoms with E-state index in [4.69, 9.17) is 0 Å². The van der Waals surface area contributed by atoms with E-state index in [1.807, 2.05) is 13.0 Å². The predicted octanol–water partition coefficient (Wildman–Crippen LogP) is 2.15. The number of sulfonamides is 1. The summed E-state index contributed by atoms with van der Waals surface area (Å²) in [6.07, 6.45) is 2.90. The van der Waals surface area contributed by atoms with Gasteiger partial charge in [0.2, 0.25) is 10.0 Å². The van der Waals surface area contributed by atoms with Gasteiger partial charge in [0.25, 0.3) is 0 Å². The highest BCUT2D eigenvalue weighted by Crippen LogP contribution is 2.22. The van der Waals surface area contributed by atoms with E-state index in [-0.39, 0.29) is 11.9 Å². The van der Waals surface area contributed by atoms with Gasteiger partial charge in [-0.1, -0.05) is 25.1 Å². The van der Waals surface area contributed by atoms with Crippen molar-refractivity contribution in [1.82, 2.24) is 9.62 Å². The molecule has 21 heavy (non-hydrogen) atoms. The smallest absolute Gasteiger partial charge is 0.211 e. The van der Waals surface area contributed by atoms with Gasteiger partial charge in [0, 0.05) is 24.7 Å². The Hall–Kier alpha value is -0.980. The largest absolute Gasteiger partial charge is 0.310 e. The van der Waals surface area contributed by atoms with Crippen LogP contribution in [0.15, 0.2) is 24.3 Å². The Kier molecular flexibility index (Phi) is 5.35. The first-order valence-electron chi connectivity index (χ1n) is 7.34. The van der Waals surface area contributed by atoms with Crippen molar-refractivity contribution in [2.45, 2.75) is 25.8 Å². The Bertz CT molecular complexity index is 577. The lowest BCUT2D eigenvalue weighted by Crippen LogP contribution is -2.31. The summed E-state index contributed by atoms with van der Waals surface area (Å²) in [6.45, 7) is 3.86. The second-order valence-corrected chi connectivity index (χ2v) is 7.65. The molecule has 0 saturated carbocycles. The Morgan fingerprint density at radius 1 is 1.43 bits per heavy atom. The molecule has 0 aromatic heterocycles. The van der Waals surface area contributed by atoms with Gasteiger partial charge in [-0.25, -0.2) is 17.1 Å². The van der Waals surface area contributed by atoms with Gasteiger partial charge in [0.1, 0.15) is 5.82 Å². The summed E-state index contributed by atoms with van der Waals surface area (Å²) in [5.41, 5.74) is 0.679. The summed E-state index contributed by atoms with van der Waals surface area (Å²) >= 11 is 0. The zero-order chi connectivity index (χ0) is 15.5. The van der Waals surface area contributed by atoms with Crippen LogP contribution in [0.5, 0.6) is 0 Å². The van der Waals surface area contributed by atoms with E-state index in [0.717, 1.165) is 12.8 Å². The van der Waals surface area contributed by atoms with E-state index in [0.29, 0.717) is 31.1 Å². The molecule has 1 heterocycles. The number of benzene rings is 1. The van der Waals surface area contributed by atoms with Gasteiger partial charge < -0.3 is 5.32 Å². The van der Waals surface area contributed by atoms with Gasteiger partial charge in [0.05, 0.1) is 6.26 Å². The molecule has 0 unspecified atom stereocenters. The van der Waals surface area contributed by atoms with Crippen LogP contribution in [-0.4, -0.2) is 38.6 Å². The van der Waals surface area contributed by atoms with Crippen molar-refractivity contribution in [2.75, 3.05) is 25.9 Å². The third-order valence-corrected chi connectivity index (χ3v) is 5.33. The molecule has 1 saturated heterocycles. The van der Waals surface area contributed by atoms with Crippen LogP contribution in [0.3, 0.4) is 0 Å². The molecule has 2 atom stereocenters. The summed E-state index contributed by atoms with van der Waals surface area (Å²) in [4.78, 5) is 0. The normalized spacial score (nSPS) is 21.6. The van der Waals surface area contributed by atoms with Gasteiger partial charge in [0.15, 0.2) is 0 Å². The third-order valence-electron chi connectivity index (χ3n) is 4.06. The molecule has 1 aromatic rings. The van der Waals surface area contributed by atoms with Crippen LogP contribution in [0.2, 0.25) is 0 Å². The van der Waals surface area contributed by atoms with Crippen molar-refractivity contribution in [3.05, 3.63) is 35.6 Å². The molecule has 1 aliphatic heterocycles. The van der Waals surface area contributed by atoms with Crippen LogP contribution in [0.4, 0.5) is 4.39 Å². The average Bonchev–Trinajstić information content (AvgIpc) is 2.90.